The van der Waals surface area contributed by atoms with Crippen LogP contribution in [-0.2, 0) is 4.79 Å². The van der Waals surface area contributed by atoms with Gasteiger partial charge in [-0.15, -0.1) is 0 Å². The fourth-order valence-corrected chi connectivity index (χ4v) is 2.21. The van der Waals surface area contributed by atoms with Gasteiger partial charge < -0.3 is 16.0 Å². The average molecular weight is 242 g/mol. The lowest BCUT2D eigenvalue weighted by Crippen LogP contribution is -2.45. The standard InChI is InChI=1S/C11H22N4O2/c1-4-15(5-2)11(17)13-8-6-9(10(12)16)14(3)7-8/h8-9H,4-7H2,1-3H3,(H2,12,16)(H,13,17)/t8-,9-/m0/s1. The first-order valence-electron chi connectivity index (χ1n) is 6.04. The molecule has 6 heteroatoms. The van der Waals surface area contributed by atoms with Crippen molar-refractivity contribution in [3.8, 4) is 0 Å². The highest BCUT2D eigenvalue weighted by Crippen LogP contribution is 2.15. The van der Waals surface area contributed by atoms with E-state index in [1.54, 1.807) is 4.90 Å². The molecule has 0 aromatic carbocycles. The first-order chi connectivity index (χ1) is 7.99. The maximum atomic E-state index is 11.8. The van der Waals surface area contributed by atoms with Gasteiger partial charge in [0, 0.05) is 25.7 Å². The van der Waals surface area contributed by atoms with Gasteiger partial charge in [-0.05, 0) is 27.3 Å². The Morgan fingerprint density at radius 3 is 2.41 bits per heavy atom. The lowest BCUT2D eigenvalue weighted by atomic mass is 10.1. The van der Waals surface area contributed by atoms with E-state index in [2.05, 4.69) is 5.32 Å². The minimum absolute atomic E-state index is 0.00519. The van der Waals surface area contributed by atoms with Crippen LogP contribution in [0.4, 0.5) is 4.79 Å². The molecule has 1 saturated heterocycles. The smallest absolute Gasteiger partial charge is 0.317 e. The molecule has 3 N–H and O–H groups in total. The maximum Gasteiger partial charge on any atom is 0.317 e. The third-order valence-electron chi connectivity index (χ3n) is 3.25. The van der Waals surface area contributed by atoms with Crippen LogP contribution in [0.15, 0.2) is 0 Å². The Morgan fingerprint density at radius 2 is 2.00 bits per heavy atom. The monoisotopic (exact) mass is 242 g/mol. The summed E-state index contributed by atoms with van der Waals surface area (Å²) in [6, 6.07) is -0.332. The minimum Gasteiger partial charge on any atom is -0.368 e. The summed E-state index contributed by atoms with van der Waals surface area (Å²) in [5.41, 5.74) is 5.29. The van der Waals surface area contributed by atoms with Gasteiger partial charge >= 0.3 is 6.03 Å². The van der Waals surface area contributed by atoms with Crippen molar-refractivity contribution in [3.63, 3.8) is 0 Å². The second-order valence-corrected chi connectivity index (χ2v) is 4.41. The number of primary amides is 1. The van der Waals surface area contributed by atoms with Gasteiger partial charge in [-0.2, -0.15) is 0 Å². The molecule has 98 valence electrons. The summed E-state index contributed by atoms with van der Waals surface area (Å²) in [4.78, 5) is 26.6. The highest BCUT2D eigenvalue weighted by molar-refractivity contribution is 5.80. The molecule has 0 aromatic rings. The van der Waals surface area contributed by atoms with Crippen LogP contribution in [0.3, 0.4) is 0 Å². The van der Waals surface area contributed by atoms with E-state index in [9.17, 15) is 9.59 Å². The molecule has 6 nitrogen and oxygen atoms in total. The number of nitrogens with one attached hydrogen (secondary N) is 1. The average Bonchev–Trinajstić information content (AvgIpc) is 2.61. The number of nitrogens with two attached hydrogens (primary N) is 1. The van der Waals surface area contributed by atoms with Crippen LogP contribution in [-0.4, -0.2) is 60.5 Å². The normalized spacial score (nSPS) is 24.6. The van der Waals surface area contributed by atoms with E-state index in [0.29, 0.717) is 26.1 Å². The molecule has 1 aliphatic heterocycles. The zero-order valence-corrected chi connectivity index (χ0v) is 10.8. The van der Waals surface area contributed by atoms with Crippen molar-refractivity contribution >= 4 is 11.9 Å². The Bertz CT molecular complexity index is 291. The highest BCUT2D eigenvalue weighted by atomic mass is 16.2. The van der Waals surface area contributed by atoms with Crippen molar-refractivity contribution in [1.82, 2.24) is 15.1 Å². The Labute approximate surface area is 102 Å². The summed E-state index contributed by atoms with van der Waals surface area (Å²) < 4.78 is 0. The zero-order chi connectivity index (χ0) is 13.0. The molecule has 0 aromatic heterocycles. The Balaban J connectivity index is 2.49. The molecular formula is C11H22N4O2. The Kier molecular flexibility index (Phi) is 4.74. The van der Waals surface area contributed by atoms with Crippen LogP contribution < -0.4 is 11.1 Å². The first-order valence-corrected chi connectivity index (χ1v) is 6.04. The minimum atomic E-state index is -0.327. The summed E-state index contributed by atoms with van der Waals surface area (Å²) in [6.07, 6.45) is 0.596. The summed E-state index contributed by atoms with van der Waals surface area (Å²) in [7, 11) is 1.85. The molecule has 0 bridgehead atoms. The fourth-order valence-electron chi connectivity index (χ4n) is 2.21. The molecule has 2 atom stereocenters. The molecule has 3 amide bonds. The number of rotatable bonds is 4. The van der Waals surface area contributed by atoms with Crippen LogP contribution in [0.1, 0.15) is 20.3 Å². The van der Waals surface area contributed by atoms with Gasteiger partial charge in [-0.1, -0.05) is 0 Å². The topological polar surface area (TPSA) is 78.7 Å². The van der Waals surface area contributed by atoms with Crippen LogP contribution in [0, 0.1) is 0 Å². The van der Waals surface area contributed by atoms with Crippen molar-refractivity contribution in [2.24, 2.45) is 5.73 Å². The second-order valence-electron chi connectivity index (χ2n) is 4.41. The molecule has 0 radical (unpaired) electrons. The maximum absolute atomic E-state index is 11.8. The highest BCUT2D eigenvalue weighted by Gasteiger charge is 2.34. The molecular weight excluding hydrogens is 220 g/mol. The van der Waals surface area contributed by atoms with Crippen LogP contribution in [0.2, 0.25) is 0 Å². The first kappa shape index (κ1) is 13.8. The number of likely N-dealkylation sites (tertiary alicyclic amines) is 1. The second kappa shape index (κ2) is 5.86. The van der Waals surface area contributed by atoms with Gasteiger partial charge in [0.25, 0.3) is 0 Å². The lowest BCUT2D eigenvalue weighted by Gasteiger charge is -2.22. The molecule has 0 unspecified atom stereocenters. The number of urea groups is 1. The molecule has 0 spiro atoms. The van der Waals surface area contributed by atoms with Gasteiger partial charge in [-0.3, -0.25) is 9.69 Å². The fraction of sp³-hybridized carbons (Fsp3) is 0.818. The van der Waals surface area contributed by atoms with Crippen molar-refractivity contribution in [1.29, 1.82) is 0 Å². The van der Waals surface area contributed by atoms with Crippen molar-refractivity contribution in [3.05, 3.63) is 0 Å². The van der Waals surface area contributed by atoms with Gasteiger partial charge in [0.2, 0.25) is 5.91 Å². The van der Waals surface area contributed by atoms with E-state index in [4.69, 9.17) is 5.73 Å². The van der Waals surface area contributed by atoms with E-state index in [1.165, 1.54) is 0 Å². The van der Waals surface area contributed by atoms with Crippen LogP contribution >= 0.6 is 0 Å². The molecule has 0 aliphatic carbocycles. The predicted molar refractivity (Wildman–Crippen MR) is 65.5 cm³/mol. The summed E-state index contributed by atoms with van der Waals surface area (Å²) in [6.45, 7) is 5.92. The third-order valence-corrected chi connectivity index (χ3v) is 3.25. The van der Waals surface area contributed by atoms with Gasteiger partial charge in [-0.25, -0.2) is 4.79 Å². The van der Waals surface area contributed by atoms with E-state index in [-0.39, 0.29) is 24.0 Å². The summed E-state index contributed by atoms with van der Waals surface area (Å²) >= 11 is 0. The number of hydrogen-bond donors (Lipinski definition) is 2. The Morgan fingerprint density at radius 1 is 1.41 bits per heavy atom. The Hall–Kier alpha value is -1.30. The molecule has 1 fully saturated rings. The molecule has 1 rings (SSSR count). The SMILES string of the molecule is CCN(CC)C(=O)N[C@H]1C[C@@H](C(N)=O)N(C)C1. The number of carbonyl (C=O) groups is 2. The molecule has 17 heavy (non-hydrogen) atoms. The van der Waals surface area contributed by atoms with Crippen LogP contribution in [0.5, 0.6) is 0 Å². The van der Waals surface area contributed by atoms with Gasteiger partial charge in [0.15, 0.2) is 0 Å². The predicted octanol–water partition coefficient (Wildman–Crippen LogP) is -0.404. The largest absolute Gasteiger partial charge is 0.368 e. The zero-order valence-electron chi connectivity index (χ0n) is 10.8. The lowest BCUT2D eigenvalue weighted by molar-refractivity contribution is -0.121. The van der Waals surface area contributed by atoms with Gasteiger partial charge in [0.1, 0.15) is 0 Å². The molecule has 1 heterocycles. The summed E-state index contributed by atoms with van der Waals surface area (Å²) in [5.74, 6) is -0.327. The number of nitrogens with zero attached hydrogens (tertiary/aromatic N) is 2. The van der Waals surface area contributed by atoms with E-state index < -0.39 is 0 Å². The van der Waals surface area contributed by atoms with E-state index in [1.807, 2.05) is 25.8 Å². The summed E-state index contributed by atoms with van der Waals surface area (Å²) in [5, 5.41) is 2.93. The quantitative estimate of drug-likeness (QED) is 0.704. The van der Waals surface area contributed by atoms with Crippen LogP contribution in [0.25, 0.3) is 0 Å². The van der Waals surface area contributed by atoms with E-state index >= 15 is 0 Å². The van der Waals surface area contributed by atoms with Crippen molar-refractivity contribution in [2.45, 2.75) is 32.4 Å². The number of amides is 3. The van der Waals surface area contributed by atoms with Crippen molar-refractivity contribution < 1.29 is 9.59 Å². The number of hydrogen-bond acceptors (Lipinski definition) is 3. The van der Waals surface area contributed by atoms with E-state index in [0.717, 1.165) is 0 Å². The number of carbonyl (C=O) groups excluding carboxylic acids is 2. The van der Waals surface area contributed by atoms with Gasteiger partial charge in [0.05, 0.1) is 6.04 Å². The van der Waals surface area contributed by atoms with Crippen molar-refractivity contribution in [2.75, 3.05) is 26.7 Å². The third kappa shape index (κ3) is 3.33. The number of likely N-dealkylation sites (N-methyl/N-ethyl adjacent to an activating group) is 1. The molecule has 1 aliphatic rings. The molecule has 0 saturated carbocycles.